The predicted molar refractivity (Wildman–Crippen MR) is 138 cm³/mol. The van der Waals surface area contributed by atoms with Gasteiger partial charge in [0, 0.05) is 43.7 Å². The zero-order chi connectivity index (χ0) is 26.4. The average Bonchev–Trinajstić information content (AvgIpc) is 3.47. The molecule has 4 rings (SSSR count). The Bertz CT molecular complexity index is 1170. The first kappa shape index (κ1) is 26.2. The first-order valence-electron chi connectivity index (χ1n) is 12.8. The van der Waals surface area contributed by atoms with Crippen molar-refractivity contribution in [3.8, 4) is 0 Å². The smallest absolute Gasteiger partial charge is 0.330 e. The van der Waals surface area contributed by atoms with Crippen LogP contribution in [0.3, 0.4) is 0 Å². The van der Waals surface area contributed by atoms with Crippen LogP contribution in [0, 0.1) is 12.8 Å². The van der Waals surface area contributed by atoms with Crippen LogP contribution in [0.15, 0.2) is 48.7 Å². The Morgan fingerprint density at radius 1 is 1.24 bits per heavy atom. The van der Waals surface area contributed by atoms with Gasteiger partial charge in [-0.3, -0.25) is 14.4 Å². The Morgan fingerprint density at radius 2 is 2.03 bits per heavy atom. The topological polar surface area (TPSA) is 121 Å². The second-order valence-corrected chi connectivity index (χ2v) is 9.52. The van der Waals surface area contributed by atoms with E-state index < -0.39 is 18.1 Å². The van der Waals surface area contributed by atoms with Gasteiger partial charge in [0.2, 0.25) is 11.8 Å². The van der Waals surface area contributed by atoms with Crippen molar-refractivity contribution in [3.63, 3.8) is 0 Å². The number of esters is 1. The quantitative estimate of drug-likeness (QED) is 0.337. The van der Waals surface area contributed by atoms with Gasteiger partial charge in [0.05, 0.1) is 6.61 Å². The summed E-state index contributed by atoms with van der Waals surface area (Å²) >= 11 is 0. The summed E-state index contributed by atoms with van der Waals surface area (Å²) in [7, 11) is 0. The second-order valence-electron chi connectivity index (χ2n) is 9.52. The third-order valence-corrected chi connectivity index (χ3v) is 7.02. The molecule has 2 aliphatic rings. The minimum atomic E-state index is -0.762. The summed E-state index contributed by atoms with van der Waals surface area (Å²) in [5, 5.41) is 5.83. The van der Waals surface area contributed by atoms with E-state index in [0.29, 0.717) is 44.5 Å². The highest BCUT2D eigenvalue weighted by molar-refractivity contribution is 5.98. The summed E-state index contributed by atoms with van der Waals surface area (Å²) < 4.78 is 4.99. The third kappa shape index (κ3) is 6.28. The minimum Gasteiger partial charge on any atom is -0.463 e. The Labute approximate surface area is 216 Å². The molecule has 1 aromatic heterocycles. The van der Waals surface area contributed by atoms with Crippen molar-refractivity contribution >= 4 is 23.7 Å². The molecule has 0 bridgehead atoms. The summed E-state index contributed by atoms with van der Waals surface area (Å²) in [6, 6.07) is 8.23. The zero-order valence-corrected chi connectivity index (χ0v) is 21.3. The molecule has 3 amide bonds. The number of nitrogens with zero attached hydrogens (tertiary/aromatic N) is 1. The number of amides is 3. The molecule has 9 heteroatoms. The normalized spacial score (nSPS) is 18.9. The molecule has 2 aromatic rings. The predicted octanol–water partition coefficient (Wildman–Crippen LogP) is 2.06. The van der Waals surface area contributed by atoms with Crippen molar-refractivity contribution in [1.82, 2.24) is 20.5 Å². The van der Waals surface area contributed by atoms with Crippen molar-refractivity contribution in [2.24, 2.45) is 5.92 Å². The fourth-order valence-electron chi connectivity index (χ4n) is 5.05. The zero-order valence-electron chi connectivity index (χ0n) is 21.3. The van der Waals surface area contributed by atoms with Crippen molar-refractivity contribution in [1.29, 1.82) is 0 Å². The molecule has 37 heavy (non-hydrogen) atoms. The van der Waals surface area contributed by atoms with Gasteiger partial charge in [-0.05, 0) is 49.8 Å². The van der Waals surface area contributed by atoms with E-state index in [9.17, 15) is 19.2 Å². The van der Waals surface area contributed by atoms with E-state index in [0.717, 1.165) is 16.7 Å². The molecule has 0 saturated carbocycles. The van der Waals surface area contributed by atoms with Gasteiger partial charge in [-0.1, -0.05) is 36.4 Å². The maximum absolute atomic E-state index is 13.8. The van der Waals surface area contributed by atoms with Crippen LogP contribution in [-0.2, 0) is 32.0 Å². The van der Waals surface area contributed by atoms with Crippen LogP contribution < -0.4 is 10.6 Å². The number of fused-ring (bicyclic) bond motifs is 1. The van der Waals surface area contributed by atoms with Gasteiger partial charge in [0.15, 0.2) is 0 Å². The summed E-state index contributed by atoms with van der Waals surface area (Å²) in [6.45, 7) is 4.93. The first-order valence-corrected chi connectivity index (χ1v) is 12.8. The Morgan fingerprint density at radius 3 is 2.73 bits per heavy atom. The number of aromatic nitrogens is 1. The number of nitrogens with one attached hydrogen (secondary N) is 3. The highest BCUT2D eigenvalue weighted by Crippen LogP contribution is 2.25. The minimum absolute atomic E-state index is 0.0644. The van der Waals surface area contributed by atoms with Gasteiger partial charge in [0.1, 0.15) is 11.7 Å². The number of carbonyl (C=O) groups excluding carboxylic acids is 4. The number of hydrogen-bond acceptors (Lipinski definition) is 5. The van der Waals surface area contributed by atoms with Gasteiger partial charge >= 0.3 is 5.97 Å². The molecule has 0 spiro atoms. The van der Waals surface area contributed by atoms with Gasteiger partial charge in [-0.2, -0.15) is 0 Å². The van der Waals surface area contributed by atoms with E-state index in [2.05, 4.69) is 15.6 Å². The maximum atomic E-state index is 13.8. The van der Waals surface area contributed by atoms with E-state index in [1.165, 1.54) is 6.08 Å². The number of rotatable bonds is 10. The number of benzene rings is 1. The van der Waals surface area contributed by atoms with Gasteiger partial charge in [-0.15, -0.1) is 0 Å². The summed E-state index contributed by atoms with van der Waals surface area (Å²) in [4.78, 5) is 56.1. The number of aryl methyl sites for hydroxylation is 1. The summed E-state index contributed by atoms with van der Waals surface area (Å²) in [5.74, 6) is -1.39. The van der Waals surface area contributed by atoms with E-state index in [1.54, 1.807) is 17.9 Å². The number of hydrogen-bond donors (Lipinski definition) is 3. The molecule has 9 nitrogen and oxygen atoms in total. The molecule has 3 heterocycles. The first-order chi connectivity index (χ1) is 17.9. The lowest BCUT2D eigenvalue weighted by Gasteiger charge is -2.35. The molecule has 1 aromatic carbocycles. The largest absolute Gasteiger partial charge is 0.463 e. The Balaban J connectivity index is 1.58. The average molecular weight is 507 g/mol. The van der Waals surface area contributed by atoms with E-state index in [4.69, 9.17) is 4.74 Å². The lowest BCUT2D eigenvalue weighted by atomic mass is 9.96. The number of ether oxygens (including phenoxy) is 1. The summed E-state index contributed by atoms with van der Waals surface area (Å²) in [6.07, 6.45) is 6.68. The standard InChI is InChI=1S/C28H34N4O5/c1-3-37-24(33)10-9-21(16-20-11-13-29-26(20)34)31-27(35)23(15-19-7-5-4-6-8-19)32-14-12-22-18(2)17-30-25(22)28(32)36/h4-10,17,20-21,23,30H,3,11-16H2,1-2H3,(H,29,34)(H,31,35)/b10-9+/t20-,21+,23-/m0/s1. The van der Waals surface area contributed by atoms with Crippen LogP contribution in [0.1, 0.15) is 46.9 Å². The van der Waals surface area contributed by atoms with E-state index in [-0.39, 0.29) is 30.2 Å². The Kier molecular flexibility index (Phi) is 8.43. The molecule has 196 valence electrons. The second kappa shape index (κ2) is 11.9. The molecular formula is C28H34N4O5. The van der Waals surface area contributed by atoms with Gasteiger partial charge in [0.25, 0.3) is 5.91 Å². The fourth-order valence-corrected chi connectivity index (χ4v) is 5.05. The van der Waals surface area contributed by atoms with Crippen molar-refractivity contribution in [2.45, 2.75) is 51.6 Å². The molecule has 1 fully saturated rings. The van der Waals surface area contributed by atoms with Crippen LogP contribution in [0.25, 0.3) is 0 Å². The molecule has 1 saturated heterocycles. The van der Waals surface area contributed by atoms with Crippen molar-refractivity contribution in [3.05, 3.63) is 71.1 Å². The fraction of sp³-hybridized carbons (Fsp3) is 0.429. The SMILES string of the molecule is CCOC(=O)/C=C/[C@H](C[C@@H]1CCNC1=O)NC(=O)[C@H](Cc1ccccc1)N1CCc2c(C)c[nH]c2C1=O. The van der Waals surface area contributed by atoms with Crippen molar-refractivity contribution in [2.75, 3.05) is 19.7 Å². The molecular weight excluding hydrogens is 472 g/mol. The molecule has 0 aliphatic carbocycles. The summed E-state index contributed by atoms with van der Waals surface area (Å²) in [5.41, 5.74) is 3.47. The lowest BCUT2D eigenvalue weighted by Crippen LogP contribution is -2.54. The molecule has 3 N–H and O–H groups in total. The molecule has 3 atom stereocenters. The van der Waals surface area contributed by atoms with Crippen molar-refractivity contribution < 1.29 is 23.9 Å². The number of aromatic amines is 1. The highest BCUT2D eigenvalue weighted by atomic mass is 16.5. The van der Waals surface area contributed by atoms with Crippen LogP contribution in [-0.4, -0.2) is 65.4 Å². The highest BCUT2D eigenvalue weighted by Gasteiger charge is 2.36. The van der Waals surface area contributed by atoms with Crippen LogP contribution in [0.2, 0.25) is 0 Å². The van der Waals surface area contributed by atoms with Crippen LogP contribution >= 0.6 is 0 Å². The molecule has 0 unspecified atom stereocenters. The van der Waals surface area contributed by atoms with E-state index >= 15 is 0 Å². The number of H-pyrrole nitrogens is 1. The maximum Gasteiger partial charge on any atom is 0.330 e. The number of carbonyl (C=O) groups is 4. The van der Waals surface area contributed by atoms with Crippen LogP contribution in [0.4, 0.5) is 0 Å². The van der Waals surface area contributed by atoms with Crippen LogP contribution in [0.5, 0.6) is 0 Å². The van der Waals surface area contributed by atoms with Gasteiger partial charge < -0.3 is 25.3 Å². The van der Waals surface area contributed by atoms with E-state index in [1.807, 2.05) is 43.5 Å². The lowest BCUT2D eigenvalue weighted by molar-refractivity contribution is -0.137. The molecule has 0 radical (unpaired) electrons. The molecule has 2 aliphatic heterocycles. The van der Waals surface area contributed by atoms with Gasteiger partial charge in [-0.25, -0.2) is 4.79 Å². The Hall–Kier alpha value is -3.88. The monoisotopic (exact) mass is 506 g/mol. The third-order valence-electron chi connectivity index (χ3n) is 7.02.